The summed E-state index contributed by atoms with van der Waals surface area (Å²) in [6.45, 7) is 0.680. The normalized spacial score (nSPS) is 16.1. The number of aliphatic hydroxyl groups is 1. The minimum absolute atomic E-state index is 0.0606. The van der Waals surface area contributed by atoms with Gasteiger partial charge in [0.25, 0.3) is 18.2 Å². The fourth-order valence-corrected chi connectivity index (χ4v) is 2.06. The quantitative estimate of drug-likeness (QED) is 0.351. The summed E-state index contributed by atoms with van der Waals surface area (Å²) >= 11 is 0. The van der Waals surface area contributed by atoms with Crippen LogP contribution in [0.5, 0.6) is 0 Å². The number of carbonyl (C=O) groups excluding carboxylic acids is 2. The number of benzene rings is 1. The SMILES string of the molecule is C[C@@](O)(C(F)F)[C@H](NC(=O)c1ccc(C#CC#CC2CC2)cc1)C(=O)NO. The fourth-order valence-electron chi connectivity index (χ4n) is 2.06. The Morgan fingerprint density at radius 1 is 1.22 bits per heavy atom. The van der Waals surface area contributed by atoms with Gasteiger partial charge in [-0.05, 0) is 55.9 Å². The Morgan fingerprint density at radius 3 is 2.37 bits per heavy atom. The number of alkyl halides is 2. The maximum atomic E-state index is 13.0. The van der Waals surface area contributed by atoms with Gasteiger partial charge in [0.2, 0.25) is 0 Å². The summed E-state index contributed by atoms with van der Waals surface area (Å²) in [4.78, 5) is 23.8. The van der Waals surface area contributed by atoms with Crippen molar-refractivity contribution in [3.8, 4) is 23.7 Å². The van der Waals surface area contributed by atoms with E-state index in [1.165, 1.54) is 24.3 Å². The van der Waals surface area contributed by atoms with Crippen LogP contribution in [0.25, 0.3) is 0 Å². The number of amides is 2. The smallest absolute Gasteiger partial charge is 0.269 e. The summed E-state index contributed by atoms with van der Waals surface area (Å²) in [6, 6.07) is 3.78. The largest absolute Gasteiger partial charge is 0.381 e. The third-order valence-electron chi connectivity index (χ3n) is 3.94. The Labute approximate surface area is 154 Å². The molecule has 1 fully saturated rings. The molecule has 0 saturated heterocycles. The van der Waals surface area contributed by atoms with Crippen molar-refractivity contribution < 1.29 is 28.7 Å². The van der Waals surface area contributed by atoms with Crippen LogP contribution in [0.15, 0.2) is 24.3 Å². The molecule has 8 heteroatoms. The zero-order chi connectivity index (χ0) is 20.0. The Balaban J connectivity index is 2.09. The Bertz CT molecular complexity index is 825. The van der Waals surface area contributed by atoms with Crippen LogP contribution >= 0.6 is 0 Å². The summed E-state index contributed by atoms with van der Waals surface area (Å²) in [6.07, 6.45) is -1.13. The minimum atomic E-state index is -3.34. The van der Waals surface area contributed by atoms with Crippen LogP contribution in [0.1, 0.15) is 35.7 Å². The van der Waals surface area contributed by atoms with Crippen LogP contribution in [-0.2, 0) is 4.79 Å². The molecule has 142 valence electrons. The molecule has 6 nitrogen and oxygen atoms in total. The molecule has 1 aliphatic rings. The van der Waals surface area contributed by atoms with Gasteiger partial charge in [-0.15, -0.1) is 0 Å². The van der Waals surface area contributed by atoms with Gasteiger partial charge >= 0.3 is 0 Å². The summed E-state index contributed by atoms with van der Waals surface area (Å²) in [5.74, 6) is 9.44. The highest BCUT2D eigenvalue weighted by Gasteiger charge is 2.46. The zero-order valence-electron chi connectivity index (χ0n) is 14.4. The number of rotatable bonds is 5. The van der Waals surface area contributed by atoms with Gasteiger partial charge in [0.05, 0.1) is 0 Å². The van der Waals surface area contributed by atoms with Crippen LogP contribution in [-0.4, -0.2) is 40.2 Å². The summed E-state index contributed by atoms with van der Waals surface area (Å²) in [7, 11) is 0. The van der Waals surface area contributed by atoms with E-state index < -0.39 is 29.9 Å². The van der Waals surface area contributed by atoms with Gasteiger partial charge < -0.3 is 10.4 Å². The van der Waals surface area contributed by atoms with Crippen LogP contribution in [0.2, 0.25) is 0 Å². The number of carbonyl (C=O) groups is 2. The highest BCUT2D eigenvalue weighted by atomic mass is 19.3. The fraction of sp³-hybridized carbons (Fsp3) is 0.368. The first-order valence-corrected chi connectivity index (χ1v) is 8.12. The first kappa shape index (κ1) is 20.4. The van der Waals surface area contributed by atoms with E-state index in [9.17, 15) is 23.5 Å². The molecule has 0 radical (unpaired) electrons. The second-order valence-corrected chi connectivity index (χ2v) is 6.28. The lowest BCUT2D eigenvalue weighted by Gasteiger charge is -2.30. The van der Waals surface area contributed by atoms with Crippen molar-refractivity contribution in [2.75, 3.05) is 0 Å². The Kier molecular flexibility index (Phi) is 6.51. The van der Waals surface area contributed by atoms with Crippen LogP contribution in [0, 0.1) is 29.6 Å². The van der Waals surface area contributed by atoms with E-state index in [1.807, 2.05) is 5.32 Å². The van der Waals surface area contributed by atoms with Gasteiger partial charge in [0, 0.05) is 17.0 Å². The van der Waals surface area contributed by atoms with Crippen molar-refractivity contribution in [3.63, 3.8) is 0 Å². The van der Waals surface area contributed by atoms with Crippen LogP contribution in [0.3, 0.4) is 0 Å². The summed E-state index contributed by atoms with van der Waals surface area (Å²) in [5.41, 5.74) is -1.07. The molecule has 27 heavy (non-hydrogen) atoms. The van der Waals surface area contributed by atoms with Gasteiger partial charge in [-0.3, -0.25) is 14.8 Å². The van der Waals surface area contributed by atoms with Crippen molar-refractivity contribution in [1.82, 2.24) is 10.8 Å². The molecule has 2 rings (SSSR count). The predicted octanol–water partition coefficient (Wildman–Crippen LogP) is 1.07. The van der Waals surface area contributed by atoms with Gasteiger partial charge in [-0.1, -0.05) is 11.8 Å². The third kappa shape index (κ3) is 5.52. The van der Waals surface area contributed by atoms with E-state index >= 15 is 0 Å². The number of halogens is 2. The lowest BCUT2D eigenvalue weighted by molar-refractivity contribution is -0.149. The monoisotopic (exact) mass is 376 g/mol. The maximum Gasteiger partial charge on any atom is 0.269 e. The van der Waals surface area contributed by atoms with Crippen molar-refractivity contribution in [2.24, 2.45) is 5.92 Å². The summed E-state index contributed by atoms with van der Waals surface area (Å²) < 4.78 is 26.0. The predicted molar refractivity (Wildman–Crippen MR) is 91.6 cm³/mol. The van der Waals surface area contributed by atoms with Gasteiger partial charge in [0.15, 0.2) is 5.60 Å². The van der Waals surface area contributed by atoms with Crippen molar-refractivity contribution in [2.45, 2.75) is 37.8 Å². The third-order valence-corrected chi connectivity index (χ3v) is 3.94. The lowest BCUT2D eigenvalue weighted by Crippen LogP contribution is -2.61. The Hall–Kier alpha value is -2.94. The highest BCUT2D eigenvalue weighted by molar-refractivity contribution is 5.97. The standard InChI is InChI=1S/C19H18F2N2O4/c1-19(26,18(20)21)15(17(25)23-27)22-16(24)14-10-8-13(9-11-14)5-3-2-4-12-6-7-12/h8-12,15,18,26-27H,6-7H2,1H3,(H,22,24)(H,23,25)/t15-,19+/m1/s1. The number of nitrogens with one attached hydrogen (secondary N) is 2. The molecular weight excluding hydrogens is 358 g/mol. The lowest BCUT2D eigenvalue weighted by atomic mass is 9.95. The molecule has 0 heterocycles. The zero-order valence-corrected chi connectivity index (χ0v) is 14.4. The van der Waals surface area contributed by atoms with Gasteiger partial charge in [-0.2, -0.15) is 0 Å². The molecule has 0 bridgehead atoms. The molecule has 0 unspecified atom stereocenters. The molecule has 1 saturated carbocycles. The van der Waals surface area contributed by atoms with Crippen molar-refractivity contribution in [1.29, 1.82) is 0 Å². The maximum absolute atomic E-state index is 13.0. The molecule has 0 aromatic heterocycles. The minimum Gasteiger partial charge on any atom is -0.381 e. The van der Waals surface area contributed by atoms with E-state index in [2.05, 4.69) is 23.7 Å². The molecule has 1 aromatic carbocycles. The van der Waals surface area contributed by atoms with Crippen molar-refractivity contribution >= 4 is 11.8 Å². The number of hydrogen-bond donors (Lipinski definition) is 4. The molecule has 1 aromatic rings. The molecule has 1 aliphatic carbocycles. The van der Waals surface area contributed by atoms with E-state index in [0.717, 1.165) is 18.3 Å². The van der Waals surface area contributed by atoms with E-state index in [-0.39, 0.29) is 5.56 Å². The van der Waals surface area contributed by atoms with Crippen molar-refractivity contribution in [3.05, 3.63) is 35.4 Å². The Morgan fingerprint density at radius 2 is 1.85 bits per heavy atom. The topological polar surface area (TPSA) is 98.7 Å². The molecule has 4 N–H and O–H groups in total. The van der Waals surface area contributed by atoms with Crippen LogP contribution in [0.4, 0.5) is 8.78 Å². The second kappa shape index (κ2) is 8.63. The molecule has 2 amide bonds. The highest BCUT2D eigenvalue weighted by Crippen LogP contribution is 2.27. The van der Waals surface area contributed by atoms with E-state index in [0.29, 0.717) is 18.4 Å². The van der Waals surface area contributed by atoms with E-state index in [1.54, 1.807) is 0 Å². The number of hydrogen-bond acceptors (Lipinski definition) is 4. The molecule has 0 spiro atoms. The molecule has 0 aliphatic heterocycles. The second-order valence-electron chi connectivity index (χ2n) is 6.28. The number of hydroxylamine groups is 1. The first-order chi connectivity index (χ1) is 12.8. The first-order valence-electron chi connectivity index (χ1n) is 8.12. The van der Waals surface area contributed by atoms with Gasteiger partial charge in [0.1, 0.15) is 6.04 Å². The average Bonchev–Trinajstić information content (AvgIpc) is 3.47. The average molecular weight is 376 g/mol. The molecular formula is C19H18F2N2O4. The van der Waals surface area contributed by atoms with Crippen LogP contribution < -0.4 is 10.8 Å². The van der Waals surface area contributed by atoms with E-state index in [4.69, 9.17) is 5.21 Å². The van der Waals surface area contributed by atoms with Gasteiger partial charge in [-0.25, -0.2) is 14.3 Å². The molecule has 2 atom stereocenters. The summed E-state index contributed by atoms with van der Waals surface area (Å²) in [5, 5.41) is 20.5.